The summed E-state index contributed by atoms with van der Waals surface area (Å²) >= 11 is 0.994. The van der Waals surface area contributed by atoms with Gasteiger partial charge in [0.25, 0.3) is 0 Å². The number of nitrogens with zero attached hydrogens (tertiary/aromatic N) is 4. The van der Waals surface area contributed by atoms with E-state index in [0.29, 0.717) is 65.1 Å². The van der Waals surface area contributed by atoms with Crippen LogP contribution in [0.25, 0.3) is 11.3 Å². The van der Waals surface area contributed by atoms with Crippen LogP contribution in [0.15, 0.2) is 24.3 Å². The summed E-state index contributed by atoms with van der Waals surface area (Å²) in [5.41, 5.74) is 7.88. The number of carboxylic acid groups (broad SMARTS) is 1. The summed E-state index contributed by atoms with van der Waals surface area (Å²) < 4.78 is 5.44. The van der Waals surface area contributed by atoms with Crippen molar-refractivity contribution in [1.82, 2.24) is 15.0 Å². The van der Waals surface area contributed by atoms with E-state index in [0.717, 1.165) is 11.3 Å². The highest BCUT2D eigenvalue weighted by molar-refractivity contribution is 7.17. The number of piperidine rings is 1. The number of rotatable bonds is 6. The Kier molecular flexibility index (Phi) is 7.32. The van der Waals surface area contributed by atoms with Gasteiger partial charge in [-0.3, -0.25) is 5.32 Å². The molecule has 0 spiro atoms. The van der Waals surface area contributed by atoms with Crippen LogP contribution in [0.5, 0.6) is 0 Å². The number of carbonyl (C=O) groups excluding carboxylic acids is 1. The van der Waals surface area contributed by atoms with Crippen molar-refractivity contribution in [2.24, 2.45) is 0 Å². The van der Waals surface area contributed by atoms with Crippen molar-refractivity contribution in [3.05, 3.63) is 40.4 Å². The summed E-state index contributed by atoms with van der Waals surface area (Å²) in [4.78, 5) is 39.6. The molecule has 4 rings (SSSR count). The summed E-state index contributed by atoms with van der Waals surface area (Å²) in [6.45, 7) is 8.24. The first-order chi connectivity index (χ1) is 17.4. The number of carbonyl (C=O) groups is 2. The number of nitrogens with two attached hydrogens (primary N) is 1. The fourth-order valence-electron chi connectivity index (χ4n) is 3.89. The minimum absolute atomic E-state index is 0.130. The molecule has 0 saturated carbocycles. The molecule has 1 aliphatic heterocycles. The van der Waals surface area contributed by atoms with E-state index in [4.69, 9.17) is 10.5 Å². The number of aliphatic hydroxyl groups is 1. The number of nitrogen functional groups attached to an aromatic ring is 1. The lowest BCUT2D eigenvalue weighted by atomic mass is 10.0. The predicted molar refractivity (Wildman–Crippen MR) is 142 cm³/mol. The fourth-order valence-corrected chi connectivity index (χ4v) is 4.69. The molecule has 1 fully saturated rings. The Labute approximate surface area is 218 Å². The van der Waals surface area contributed by atoms with Crippen LogP contribution in [0.1, 0.15) is 59.3 Å². The number of esters is 1. The second-order valence-electron chi connectivity index (χ2n) is 9.82. The third-order valence-electron chi connectivity index (χ3n) is 5.67. The quantitative estimate of drug-likeness (QED) is 0.272. The topological polar surface area (TPSA) is 164 Å². The number of carboxylic acids is 1. The Morgan fingerprint density at radius 3 is 2.46 bits per heavy atom. The molecule has 0 aliphatic carbocycles. The number of benzene rings is 1. The third-order valence-corrected chi connectivity index (χ3v) is 6.73. The largest absolute Gasteiger partial charge is 0.477 e. The van der Waals surface area contributed by atoms with E-state index in [1.54, 1.807) is 52.0 Å². The molecule has 12 heteroatoms. The summed E-state index contributed by atoms with van der Waals surface area (Å²) in [5.74, 6) is -0.679. The van der Waals surface area contributed by atoms with Gasteiger partial charge in [-0.25, -0.2) is 19.6 Å². The molecule has 3 aromatic rings. The average Bonchev–Trinajstić information content (AvgIpc) is 3.18. The van der Waals surface area contributed by atoms with Gasteiger partial charge in [0.05, 0.1) is 23.1 Å². The number of ether oxygens (including phenoxy) is 1. The monoisotopic (exact) mass is 526 g/mol. The minimum Gasteiger partial charge on any atom is -0.477 e. The van der Waals surface area contributed by atoms with Crippen LogP contribution in [0.4, 0.5) is 22.6 Å². The number of anilines is 4. The predicted octanol–water partition coefficient (Wildman–Crippen LogP) is 3.85. The maximum absolute atomic E-state index is 12.5. The molecule has 1 aliphatic rings. The average molecular weight is 527 g/mol. The molecule has 1 aromatic carbocycles. The second-order valence-corrected chi connectivity index (χ2v) is 10.8. The highest BCUT2D eigenvalue weighted by Gasteiger charge is 2.23. The molecule has 37 heavy (non-hydrogen) atoms. The zero-order chi connectivity index (χ0) is 26.9. The molecule has 0 atom stereocenters. The van der Waals surface area contributed by atoms with Gasteiger partial charge in [0.2, 0.25) is 5.95 Å². The molecule has 2 aromatic heterocycles. The molecule has 196 valence electrons. The maximum atomic E-state index is 12.5. The van der Waals surface area contributed by atoms with Gasteiger partial charge in [-0.05, 0) is 58.7 Å². The maximum Gasteiger partial charge on any atom is 0.347 e. The first kappa shape index (κ1) is 26.3. The molecule has 5 N–H and O–H groups in total. The summed E-state index contributed by atoms with van der Waals surface area (Å²) in [5, 5.41) is 22.7. The molecule has 0 radical (unpaired) electrons. The normalized spacial score (nSPS) is 14.5. The van der Waals surface area contributed by atoms with Gasteiger partial charge in [-0.15, -0.1) is 0 Å². The van der Waals surface area contributed by atoms with Gasteiger partial charge in [0.1, 0.15) is 16.3 Å². The van der Waals surface area contributed by atoms with Crippen molar-refractivity contribution in [2.45, 2.75) is 52.2 Å². The minimum atomic E-state index is -1.05. The molecule has 1 saturated heterocycles. The van der Waals surface area contributed by atoms with Crippen molar-refractivity contribution >= 4 is 45.9 Å². The van der Waals surface area contributed by atoms with E-state index in [1.165, 1.54) is 0 Å². The lowest BCUT2D eigenvalue weighted by molar-refractivity contribution is 0.00693. The number of aromatic nitrogens is 3. The van der Waals surface area contributed by atoms with E-state index in [2.05, 4.69) is 20.3 Å². The standard InChI is InChI=1S/C25H30N6O5S/c1-13-20(21(33)34)37-24(27-13)30-23-28-18(12-19(29-23)31-9-7-15(32)8-10-31)16-6-5-14(11-17(16)26)22(35)36-25(2,3)4/h5-6,11-12,15,32H,7-10,26H2,1-4H3,(H,33,34)(H,27,28,29,30). The molecule has 3 heterocycles. The van der Waals surface area contributed by atoms with Crippen LogP contribution in [0, 0.1) is 6.92 Å². The molecular formula is C25H30N6O5S. The fraction of sp³-hybridized carbons (Fsp3) is 0.400. The van der Waals surface area contributed by atoms with E-state index >= 15 is 0 Å². The zero-order valence-corrected chi connectivity index (χ0v) is 21.9. The highest BCUT2D eigenvalue weighted by Crippen LogP contribution is 2.32. The Balaban J connectivity index is 1.71. The van der Waals surface area contributed by atoms with Crippen LogP contribution in [-0.4, -0.2) is 61.9 Å². The van der Waals surface area contributed by atoms with Crippen molar-refractivity contribution in [1.29, 1.82) is 0 Å². The molecule has 0 bridgehead atoms. The second kappa shape index (κ2) is 10.3. The summed E-state index contributed by atoms with van der Waals surface area (Å²) in [6.07, 6.45) is 0.879. The molecule has 0 unspecified atom stereocenters. The van der Waals surface area contributed by atoms with E-state index in [9.17, 15) is 19.8 Å². The van der Waals surface area contributed by atoms with Gasteiger partial charge in [-0.1, -0.05) is 11.3 Å². The van der Waals surface area contributed by atoms with Crippen LogP contribution in [0.2, 0.25) is 0 Å². The van der Waals surface area contributed by atoms with E-state index < -0.39 is 17.5 Å². The number of thiazole rings is 1. The number of nitrogens with one attached hydrogen (secondary N) is 1. The van der Waals surface area contributed by atoms with Crippen molar-refractivity contribution in [3.63, 3.8) is 0 Å². The summed E-state index contributed by atoms with van der Waals surface area (Å²) in [7, 11) is 0. The number of aryl methyl sites for hydroxylation is 1. The highest BCUT2D eigenvalue weighted by atomic mass is 32.1. The number of hydrogen-bond acceptors (Lipinski definition) is 11. The van der Waals surface area contributed by atoms with Gasteiger partial charge in [0.15, 0.2) is 5.13 Å². The smallest absolute Gasteiger partial charge is 0.347 e. The number of aromatic carboxylic acids is 1. The molecule has 11 nitrogen and oxygen atoms in total. The van der Waals surface area contributed by atoms with Crippen LogP contribution in [-0.2, 0) is 4.74 Å². The van der Waals surface area contributed by atoms with Crippen molar-refractivity contribution < 1.29 is 24.5 Å². The molecular weight excluding hydrogens is 496 g/mol. The Morgan fingerprint density at radius 2 is 1.86 bits per heavy atom. The van der Waals surface area contributed by atoms with Crippen molar-refractivity contribution in [3.8, 4) is 11.3 Å². The van der Waals surface area contributed by atoms with Crippen LogP contribution >= 0.6 is 11.3 Å². The Hall–Kier alpha value is -3.77. The first-order valence-corrected chi connectivity index (χ1v) is 12.6. The van der Waals surface area contributed by atoms with Crippen LogP contribution in [0.3, 0.4) is 0 Å². The SMILES string of the molecule is Cc1nc(Nc2nc(-c3ccc(C(=O)OC(C)(C)C)cc3N)cc(N3CCC(O)CC3)n2)sc1C(=O)O. The first-order valence-electron chi connectivity index (χ1n) is 11.8. The van der Waals surface area contributed by atoms with Crippen LogP contribution < -0.4 is 16.0 Å². The lowest BCUT2D eigenvalue weighted by Gasteiger charge is -2.30. The zero-order valence-electron chi connectivity index (χ0n) is 21.1. The van der Waals surface area contributed by atoms with Gasteiger partial charge >= 0.3 is 11.9 Å². The van der Waals surface area contributed by atoms with Crippen molar-refractivity contribution in [2.75, 3.05) is 29.0 Å². The van der Waals surface area contributed by atoms with E-state index in [1.807, 2.05) is 4.90 Å². The van der Waals surface area contributed by atoms with E-state index in [-0.39, 0.29) is 16.9 Å². The number of aliphatic hydroxyl groups excluding tert-OH is 1. The third kappa shape index (κ3) is 6.33. The Bertz CT molecular complexity index is 1330. The number of hydrogen-bond donors (Lipinski definition) is 4. The van der Waals surface area contributed by atoms with Gasteiger partial charge in [0, 0.05) is 30.4 Å². The Morgan fingerprint density at radius 1 is 1.16 bits per heavy atom. The van der Waals surface area contributed by atoms with Gasteiger partial charge < -0.3 is 25.6 Å². The van der Waals surface area contributed by atoms with Gasteiger partial charge in [-0.2, -0.15) is 4.98 Å². The molecule has 0 amide bonds. The lowest BCUT2D eigenvalue weighted by Crippen LogP contribution is -2.36. The summed E-state index contributed by atoms with van der Waals surface area (Å²) in [6, 6.07) is 6.70.